The van der Waals surface area contributed by atoms with E-state index >= 15 is 0 Å². The highest BCUT2D eigenvalue weighted by atomic mass is 35.5. The first kappa shape index (κ1) is 17.1. The van der Waals surface area contributed by atoms with Crippen LogP contribution in [0.1, 0.15) is 29.3 Å². The average molecular weight is 334 g/mol. The van der Waals surface area contributed by atoms with E-state index < -0.39 is 0 Å². The number of nitrogens with zero attached hydrogens (tertiary/aromatic N) is 1. The van der Waals surface area contributed by atoms with Crippen LogP contribution in [0.25, 0.3) is 0 Å². The number of anilines is 2. The van der Waals surface area contributed by atoms with E-state index in [1.807, 2.05) is 25.1 Å². The van der Waals surface area contributed by atoms with Gasteiger partial charge in [0.2, 0.25) is 0 Å². The molecule has 2 N–H and O–H groups in total. The molecule has 1 aromatic heterocycles. The van der Waals surface area contributed by atoms with Crippen molar-refractivity contribution in [2.45, 2.75) is 26.3 Å². The lowest BCUT2D eigenvalue weighted by molar-refractivity contribution is 0.102. The van der Waals surface area contributed by atoms with Crippen LogP contribution in [0.2, 0.25) is 0 Å². The molecule has 0 atom stereocenters. The maximum absolute atomic E-state index is 12.5. The summed E-state index contributed by atoms with van der Waals surface area (Å²) < 4.78 is 1.57. The molecule has 2 aromatic rings. The Hall–Kier alpha value is -2.27. The predicted octanol–water partition coefficient (Wildman–Crippen LogP) is 2.90. The zero-order valence-electron chi connectivity index (χ0n) is 13.0. The number of hydrogen-bond acceptors (Lipinski definition) is 3. The molecule has 6 heteroatoms. The molecular weight excluding hydrogens is 314 g/mol. The van der Waals surface area contributed by atoms with Crippen molar-refractivity contribution in [1.29, 1.82) is 0 Å². The highest BCUT2D eigenvalue weighted by Gasteiger charge is 2.17. The van der Waals surface area contributed by atoms with Gasteiger partial charge in [0, 0.05) is 36.6 Å². The number of hydrogen-bond donors (Lipinski definition) is 2. The molecule has 0 spiro atoms. The third-order valence-electron chi connectivity index (χ3n) is 3.92. The summed E-state index contributed by atoms with van der Waals surface area (Å²) in [5.74, 6) is -0.137. The number of carbonyl (C=O) groups excluding carboxylic acids is 1. The van der Waals surface area contributed by atoms with Crippen molar-refractivity contribution in [2.75, 3.05) is 17.2 Å². The Bertz CT molecular complexity index is 771. The van der Waals surface area contributed by atoms with E-state index in [0.29, 0.717) is 17.8 Å². The fourth-order valence-corrected chi connectivity index (χ4v) is 2.77. The number of carbonyl (C=O) groups is 1. The SMILES string of the molecule is CCn1cc(NC(=O)c2cccc3c2CCCN3)ccc1=O.Cl. The summed E-state index contributed by atoms with van der Waals surface area (Å²) in [6.07, 6.45) is 3.60. The van der Waals surface area contributed by atoms with Crippen LogP contribution < -0.4 is 16.2 Å². The molecule has 122 valence electrons. The lowest BCUT2D eigenvalue weighted by atomic mass is 9.97. The monoisotopic (exact) mass is 333 g/mol. The number of pyridine rings is 1. The van der Waals surface area contributed by atoms with E-state index in [2.05, 4.69) is 10.6 Å². The first-order valence-electron chi connectivity index (χ1n) is 7.56. The highest BCUT2D eigenvalue weighted by molar-refractivity contribution is 6.06. The predicted molar refractivity (Wildman–Crippen MR) is 94.8 cm³/mol. The molecule has 2 heterocycles. The lowest BCUT2D eigenvalue weighted by Crippen LogP contribution is -2.21. The summed E-state index contributed by atoms with van der Waals surface area (Å²) in [6.45, 7) is 3.42. The van der Waals surface area contributed by atoms with Gasteiger partial charge in [0.05, 0.1) is 5.69 Å². The summed E-state index contributed by atoms with van der Waals surface area (Å²) in [6, 6.07) is 8.85. The maximum atomic E-state index is 12.5. The molecule has 1 aromatic carbocycles. The van der Waals surface area contributed by atoms with Gasteiger partial charge in [-0.2, -0.15) is 0 Å². The summed E-state index contributed by atoms with van der Waals surface area (Å²) in [5.41, 5.74) is 3.36. The minimum absolute atomic E-state index is 0. The van der Waals surface area contributed by atoms with Crippen molar-refractivity contribution in [3.8, 4) is 0 Å². The highest BCUT2D eigenvalue weighted by Crippen LogP contribution is 2.25. The maximum Gasteiger partial charge on any atom is 0.256 e. The molecule has 0 unspecified atom stereocenters. The molecule has 1 aliphatic heterocycles. The largest absolute Gasteiger partial charge is 0.385 e. The topological polar surface area (TPSA) is 63.1 Å². The molecule has 1 amide bonds. The fourth-order valence-electron chi connectivity index (χ4n) is 2.77. The van der Waals surface area contributed by atoms with Gasteiger partial charge >= 0.3 is 0 Å². The standard InChI is InChI=1S/C17H19N3O2.ClH/c1-2-20-11-12(8-9-16(20)21)19-17(22)14-5-3-7-15-13(14)6-4-10-18-15;/h3,5,7-9,11,18H,2,4,6,10H2,1H3,(H,19,22);1H. The van der Waals surface area contributed by atoms with E-state index in [-0.39, 0.29) is 23.9 Å². The van der Waals surface area contributed by atoms with Gasteiger partial charge in [-0.25, -0.2) is 0 Å². The van der Waals surface area contributed by atoms with Gasteiger partial charge in [-0.3, -0.25) is 9.59 Å². The van der Waals surface area contributed by atoms with Crippen LogP contribution in [0, 0.1) is 0 Å². The van der Waals surface area contributed by atoms with E-state index in [4.69, 9.17) is 0 Å². The molecule has 0 radical (unpaired) electrons. The number of aryl methyl sites for hydroxylation is 1. The number of amides is 1. The zero-order valence-corrected chi connectivity index (χ0v) is 13.8. The summed E-state index contributed by atoms with van der Waals surface area (Å²) in [7, 11) is 0. The van der Waals surface area contributed by atoms with Gasteiger partial charge in [0.25, 0.3) is 11.5 Å². The van der Waals surface area contributed by atoms with E-state index in [1.54, 1.807) is 16.8 Å². The first-order chi connectivity index (χ1) is 10.7. The number of benzene rings is 1. The van der Waals surface area contributed by atoms with E-state index in [1.165, 1.54) is 6.07 Å². The zero-order chi connectivity index (χ0) is 15.5. The van der Waals surface area contributed by atoms with Crippen LogP contribution in [0.4, 0.5) is 11.4 Å². The third-order valence-corrected chi connectivity index (χ3v) is 3.92. The van der Waals surface area contributed by atoms with Crippen LogP contribution in [0.5, 0.6) is 0 Å². The van der Waals surface area contributed by atoms with Crippen molar-refractivity contribution in [3.05, 3.63) is 58.0 Å². The average Bonchev–Trinajstić information content (AvgIpc) is 2.56. The Kier molecular flexibility index (Phi) is 5.45. The molecule has 0 fully saturated rings. The van der Waals surface area contributed by atoms with Crippen molar-refractivity contribution >= 4 is 29.7 Å². The minimum atomic E-state index is -0.137. The second-order valence-corrected chi connectivity index (χ2v) is 5.36. The van der Waals surface area contributed by atoms with Crippen LogP contribution in [0.15, 0.2) is 41.3 Å². The van der Waals surface area contributed by atoms with Gasteiger partial charge in [-0.15, -0.1) is 12.4 Å². The number of fused-ring (bicyclic) bond motifs is 1. The van der Waals surface area contributed by atoms with Gasteiger partial charge < -0.3 is 15.2 Å². The van der Waals surface area contributed by atoms with Crippen LogP contribution >= 0.6 is 12.4 Å². The number of nitrogens with one attached hydrogen (secondary N) is 2. The Morgan fingerprint density at radius 2 is 2.13 bits per heavy atom. The van der Waals surface area contributed by atoms with Gasteiger partial charge in [-0.05, 0) is 43.5 Å². The molecule has 0 saturated carbocycles. The summed E-state index contributed by atoms with van der Waals surface area (Å²) >= 11 is 0. The summed E-state index contributed by atoms with van der Waals surface area (Å²) in [4.78, 5) is 24.1. The quantitative estimate of drug-likeness (QED) is 0.907. The van der Waals surface area contributed by atoms with Gasteiger partial charge in [0.15, 0.2) is 0 Å². The number of rotatable bonds is 3. The lowest BCUT2D eigenvalue weighted by Gasteiger charge is -2.20. The molecule has 23 heavy (non-hydrogen) atoms. The van der Waals surface area contributed by atoms with E-state index in [9.17, 15) is 9.59 Å². The molecular formula is C17H20ClN3O2. The molecule has 5 nitrogen and oxygen atoms in total. The Morgan fingerprint density at radius 1 is 1.30 bits per heavy atom. The van der Waals surface area contributed by atoms with Crippen LogP contribution in [-0.2, 0) is 13.0 Å². The van der Waals surface area contributed by atoms with Gasteiger partial charge in [-0.1, -0.05) is 6.07 Å². The van der Waals surface area contributed by atoms with E-state index in [0.717, 1.165) is 30.6 Å². The first-order valence-corrected chi connectivity index (χ1v) is 7.56. The Morgan fingerprint density at radius 3 is 2.91 bits per heavy atom. The molecule has 0 bridgehead atoms. The summed E-state index contributed by atoms with van der Waals surface area (Å²) in [5, 5.41) is 6.21. The normalized spacial score (nSPS) is 12.6. The second-order valence-electron chi connectivity index (χ2n) is 5.36. The fraction of sp³-hybridized carbons (Fsp3) is 0.294. The number of aromatic nitrogens is 1. The van der Waals surface area contributed by atoms with Crippen molar-refractivity contribution in [2.24, 2.45) is 0 Å². The third kappa shape index (κ3) is 3.56. The Balaban J connectivity index is 0.00000192. The Labute approximate surface area is 141 Å². The molecule has 1 aliphatic rings. The van der Waals surface area contributed by atoms with Crippen molar-refractivity contribution < 1.29 is 4.79 Å². The van der Waals surface area contributed by atoms with Crippen molar-refractivity contribution in [3.63, 3.8) is 0 Å². The minimum Gasteiger partial charge on any atom is -0.385 e. The molecule has 3 rings (SSSR count). The van der Waals surface area contributed by atoms with Gasteiger partial charge in [0.1, 0.15) is 0 Å². The smallest absolute Gasteiger partial charge is 0.256 e. The number of halogens is 1. The molecule has 0 aliphatic carbocycles. The second kappa shape index (κ2) is 7.33. The van der Waals surface area contributed by atoms with Crippen LogP contribution in [-0.4, -0.2) is 17.0 Å². The molecule has 0 saturated heterocycles. The van der Waals surface area contributed by atoms with Crippen molar-refractivity contribution in [1.82, 2.24) is 4.57 Å². The van der Waals surface area contributed by atoms with Crippen LogP contribution in [0.3, 0.4) is 0 Å².